The number of hydrogen-bond acceptors (Lipinski definition) is 4. The molecule has 1 heterocycles. The van der Waals surface area contributed by atoms with E-state index in [9.17, 15) is 4.79 Å². The summed E-state index contributed by atoms with van der Waals surface area (Å²) in [5.74, 6) is -0.193. The predicted molar refractivity (Wildman–Crippen MR) is 84.9 cm³/mol. The summed E-state index contributed by atoms with van der Waals surface area (Å²) in [6, 6.07) is 5.20. The van der Waals surface area contributed by atoms with Gasteiger partial charge in [-0.2, -0.15) is 0 Å². The first-order valence-electron chi connectivity index (χ1n) is 7.12. The van der Waals surface area contributed by atoms with E-state index in [2.05, 4.69) is 10.2 Å². The van der Waals surface area contributed by atoms with Crippen LogP contribution in [0.15, 0.2) is 18.2 Å². The molecule has 4 nitrogen and oxygen atoms in total. The van der Waals surface area contributed by atoms with Crippen LogP contribution in [0.5, 0.6) is 0 Å². The number of esters is 1. The van der Waals surface area contributed by atoms with E-state index in [1.807, 2.05) is 26.0 Å². The van der Waals surface area contributed by atoms with Gasteiger partial charge in [0.2, 0.25) is 0 Å². The van der Waals surface area contributed by atoms with Crippen LogP contribution in [0.4, 0.5) is 0 Å². The molecule has 2 atom stereocenters. The molecule has 0 radical (unpaired) electrons. The minimum Gasteiger partial charge on any atom is -0.465 e. The minimum absolute atomic E-state index is 0.0197. The summed E-state index contributed by atoms with van der Waals surface area (Å²) in [6.45, 7) is 6.45. The Labute approximate surface area is 135 Å². The number of ether oxygens (including phenoxy) is 1. The molecule has 1 N–H and O–H groups in total. The Bertz CT molecular complexity index is 510. The highest BCUT2D eigenvalue weighted by molar-refractivity contribution is 6.35. The number of hydrogen-bond donors (Lipinski definition) is 1. The number of halogens is 2. The zero-order valence-corrected chi connectivity index (χ0v) is 13.7. The molecule has 0 amide bonds. The fourth-order valence-electron chi connectivity index (χ4n) is 2.66. The Morgan fingerprint density at radius 2 is 2.29 bits per heavy atom. The Morgan fingerprint density at radius 1 is 1.52 bits per heavy atom. The Kier molecular flexibility index (Phi) is 5.88. The van der Waals surface area contributed by atoms with Gasteiger partial charge < -0.3 is 10.1 Å². The van der Waals surface area contributed by atoms with Gasteiger partial charge in [0.1, 0.15) is 6.04 Å². The maximum atomic E-state index is 12.1. The van der Waals surface area contributed by atoms with E-state index in [1.165, 1.54) is 0 Å². The molecule has 1 aliphatic heterocycles. The van der Waals surface area contributed by atoms with Crippen LogP contribution in [0, 0.1) is 0 Å². The minimum atomic E-state index is -0.291. The van der Waals surface area contributed by atoms with Crippen molar-refractivity contribution < 1.29 is 9.53 Å². The lowest BCUT2D eigenvalue weighted by molar-refractivity contribution is -0.151. The first-order valence-corrected chi connectivity index (χ1v) is 7.88. The van der Waals surface area contributed by atoms with Crippen LogP contribution in [0.1, 0.15) is 25.5 Å². The standard InChI is InChI=1S/C15H20Cl2N2O2/c1-3-21-15(20)14-9-18-6-7-19(14)10(2)12-5-4-11(16)8-13(12)17/h4-5,8,10,14,18H,3,6-7,9H2,1-2H3. The summed E-state index contributed by atoms with van der Waals surface area (Å²) in [7, 11) is 0. The average Bonchev–Trinajstić information content (AvgIpc) is 2.47. The van der Waals surface area contributed by atoms with E-state index in [-0.39, 0.29) is 18.1 Å². The second-order valence-corrected chi connectivity index (χ2v) is 5.90. The van der Waals surface area contributed by atoms with Gasteiger partial charge >= 0.3 is 5.97 Å². The highest BCUT2D eigenvalue weighted by Gasteiger charge is 2.33. The fourth-order valence-corrected chi connectivity index (χ4v) is 3.23. The zero-order valence-electron chi connectivity index (χ0n) is 12.2. The molecule has 2 rings (SSSR count). The molecule has 1 aromatic carbocycles. The van der Waals surface area contributed by atoms with Gasteiger partial charge in [-0.3, -0.25) is 9.69 Å². The monoisotopic (exact) mass is 330 g/mol. The van der Waals surface area contributed by atoms with Gasteiger partial charge in [0.15, 0.2) is 0 Å². The number of rotatable bonds is 4. The van der Waals surface area contributed by atoms with Crippen molar-refractivity contribution in [1.82, 2.24) is 10.2 Å². The lowest BCUT2D eigenvalue weighted by atomic mass is 10.0. The van der Waals surface area contributed by atoms with E-state index in [0.29, 0.717) is 23.2 Å². The second kappa shape index (κ2) is 7.45. The largest absolute Gasteiger partial charge is 0.465 e. The van der Waals surface area contributed by atoms with Gasteiger partial charge in [-0.05, 0) is 31.5 Å². The Balaban J connectivity index is 2.21. The molecule has 0 aliphatic carbocycles. The summed E-state index contributed by atoms with van der Waals surface area (Å²) in [4.78, 5) is 14.3. The van der Waals surface area contributed by atoms with Crippen LogP contribution >= 0.6 is 23.2 Å². The van der Waals surface area contributed by atoms with Crippen LogP contribution in [-0.4, -0.2) is 43.2 Å². The van der Waals surface area contributed by atoms with E-state index >= 15 is 0 Å². The molecule has 2 unspecified atom stereocenters. The maximum Gasteiger partial charge on any atom is 0.324 e. The molecule has 1 saturated heterocycles. The van der Waals surface area contributed by atoms with Gasteiger partial charge in [-0.1, -0.05) is 29.3 Å². The quantitative estimate of drug-likeness (QED) is 0.862. The van der Waals surface area contributed by atoms with E-state index in [1.54, 1.807) is 6.07 Å². The number of nitrogens with one attached hydrogen (secondary N) is 1. The molecule has 21 heavy (non-hydrogen) atoms. The molecular formula is C15H20Cl2N2O2. The first kappa shape index (κ1) is 16.6. The van der Waals surface area contributed by atoms with Crippen molar-refractivity contribution in [3.63, 3.8) is 0 Å². The van der Waals surface area contributed by atoms with Crippen molar-refractivity contribution in [3.8, 4) is 0 Å². The number of carbonyl (C=O) groups excluding carboxylic acids is 1. The van der Waals surface area contributed by atoms with Crippen LogP contribution in [-0.2, 0) is 9.53 Å². The number of carbonyl (C=O) groups is 1. The Hall–Kier alpha value is -0.810. The van der Waals surface area contributed by atoms with Crippen LogP contribution in [0.2, 0.25) is 10.0 Å². The smallest absolute Gasteiger partial charge is 0.324 e. The van der Waals surface area contributed by atoms with Crippen molar-refractivity contribution in [2.24, 2.45) is 0 Å². The molecule has 0 spiro atoms. The maximum absolute atomic E-state index is 12.1. The summed E-state index contributed by atoms with van der Waals surface area (Å²) in [5.41, 5.74) is 0.970. The fraction of sp³-hybridized carbons (Fsp3) is 0.533. The molecule has 6 heteroatoms. The van der Waals surface area contributed by atoms with Gasteiger partial charge in [0.25, 0.3) is 0 Å². The van der Waals surface area contributed by atoms with Crippen molar-refractivity contribution in [1.29, 1.82) is 0 Å². The molecular weight excluding hydrogens is 311 g/mol. The van der Waals surface area contributed by atoms with Gasteiger partial charge in [-0.25, -0.2) is 0 Å². The molecule has 116 valence electrons. The molecule has 1 fully saturated rings. The lowest BCUT2D eigenvalue weighted by Gasteiger charge is -2.39. The van der Waals surface area contributed by atoms with Crippen LogP contribution in [0.3, 0.4) is 0 Å². The van der Waals surface area contributed by atoms with E-state index in [0.717, 1.165) is 18.7 Å². The van der Waals surface area contributed by atoms with Crippen molar-refractivity contribution in [2.75, 3.05) is 26.2 Å². The highest BCUT2D eigenvalue weighted by atomic mass is 35.5. The normalized spacial score (nSPS) is 21.0. The van der Waals surface area contributed by atoms with Crippen LogP contribution in [0.25, 0.3) is 0 Å². The summed E-state index contributed by atoms with van der Waals surface area (Å²) in [6.07, 6.45) is 0. The summed E-state index contributed by atoms with van der Waals surface area (Å²) in [5, 5.41) is 4.47. The number of benzene rings is 1. The predicted octanol–water partition coefficient (Wildman–Crippen LogP) is 2.89. The molecule has 0 bridgehead atoms. The van der Waals surface area contributed by atoms with E-state index < -0.39 is 0 Å². The highest BCUT2D eigenvalue weighted by Crippen LogP contribution is 2.31. The number of nitrogens with zero attached hydrogens (tertiary/aromatic N) is 1. The SMILES string of the molecule is CCOC(=O)C1CNCCN1C(C)c1ccc(Cl)cc1Cl. The molecule has 0 aromatic heterocycles. The third kappa shape index (κ3) is 3.89. The van der Waals surface area contributed by atoms with E-state index in [4.69, 9.17) is 27.9 Å². The number of piperazine rings is 1. The lowest BCUT2D eigenvalue weighted by Crippen LogP contribution is -2.56. The summed E-state index contributed by atoms with van der Waals surface area (Å²) >= 11 is 12.2. The second-order valence-electron chi connectivity index (χ2n) is 5.05. The zero-order chi connectivity index (χ0) is 15.4. The van der Waals surface area contributed by atoms with Crippen molar-refractivity contribution in [2.45, 2.75) is 25.9 Å². The molecule has 1 aromatic rings. The van der Waals surface area contributed by atoms with Gasteiger partial charge in [0.05, 0.1) is 6.61 Å². The first-order chi connectivity index (χ1) is 10.0. The molecule has 0 saturated carbocycles. The van der Waals surface area contributed by atoms with Crippen molar-refractivity contribution >= 4 is 29.2 Å². The third-order valence-electron chi connectivity index (χ3n) is 3.75. The third-order valence-corrected chi connectivity index (χ3v) is 4.32. The van der Waals surface area contributed by atoms with Crippen molar-refractivity contribution in [3.05, 3.63) is 33.8 Å². The van der Waals surface area contributed by atoms with Gasteiger partial charge in [-0.15, -0.1) is 0 Å². The van der Waals surface area contributed by atoms with Crippen LogP contribution < -0.4 is 5.32 Å². The van der Waals surface area contributed by atoms with Gasteiger partial charge in [0, 0.05) is 35.7 Å². The Morgan fingerprint density at radius 3 is 2.95 bits per heavy atom. The average molecular weight is 331 g/mol. The topological polar surface area (TPSA) is 41.6 Å². The molecule has 1 aliphatic rings. The summed E-state index contributed by atoms with van der Waals surface area (Å²) < 4.78 is 5.17.